The third kappa shape index (κ3) is 3.95. The van der Waals surface area contributed by atoms with Crippen molar-refractivity contribution in [2.45, 2.75) is 89.8 Å². The average molecular weight is 498 g/mol. The number of fused-ring (bicyclic) bond motifs is 5. The molecule has 6 nitrogen and oxygen atoms in total. The average Bonchev–Trinajstić information content (AvgIpc) is 2.81. The molecule has 5 aliphatic rings. The summed E-state index contributed by atoms with van der Waals surface area (Å²) in [6.07, 6.45) is 11.1. The molecule has 4 bridgehead atoms. The van der Waals surface area contributed by atoms with Crippen LogP contribution in [0.2, 0.25) is 0 Å². The smallest absolute Gasteiger partial charge is 0.283 e. The predicted octanol–water partition coefficient (Wildman–Crippen LogP) is 4.94. The van der Waals surface area contributed by atoms with Crippen LogP contribution in [0.5, 0.6) is 0 Å². The van der Waals surface area contributed by atoms with Crippen molar-refractivity contribution in [3.8, 4) is 0 Å². The van der Waals surface area contributed by atoms with Crippen LogP contribution < -0.4 is 11.0 Å². The minimum atomic E-state index is -3.77. The lowest BCUT2D eigenvalue weighted by Crippen LogP contribution is -2.56. The molecule has 3 aliphatic carbocycles. The van der Waals surface area contributed by atoms with E-state index in [0.29, 0.717) is 23.0 Å². The number of nitrogens with zero attached hydrogens (tertiary/aromatic N) is 3. The summed E-state index contributed by atoms with van der Waals surface area (Å²) >= 11 is 0. The molecule has 7 rings (SSSR count). The standard InChI is InChI=1S/C28H40N3O3P/c1-28(2)19-12-11-18(23(28)15-19)13-14-30-20-7-6-8-21(30)17-22(16-20)31-25-10-5-4-9-24(25)29-26(27(31)32)35(3,33)34/h4-5,9-10,18-23H,6-8,11-17H2,1-3H3,(H,33,34)/t18-,19-,20-,21+,22+,23-/m0/s1. The molecule has 7 atom stereocenters. The molecule has 5 fully saturated rings. The van der Waals surface area contributed by atoms with Gasteiger partial charge in [0, 0.05) is 24.8 Å². The van der Waals surface area contributed by atoms with E-state index in [2.05, 4.69) is 23.7 Å². The van der Waals surface area contributed by atoms with Crippen LogP contribution in [0.4, 0.5) is 0 Å². The molecule has 3 saturated carbocycles. The Bertz CT molecular complexity index is 1220. The van der Waals surface area contributed by atoms with E-state index in [-0.39, 0.29) is 17.0 Å². The Hall–Kier alpha value is -1.49. The third-order valence-corrected chi connectivity index (χ3v) is 11.5. The molecule has 0 amide bonds. The van der Waals surface area contributed by atoms with E-state index < -0.39 is 7.37 Å². The predicted molar refractivity (Wildman–Crippen MR) is 141 cm³/mol. The molecule has 35 heavy (non-hydrogen) atoms. The van der Waals surface area contributed by atoms with Crippen LogP contribution in [0.3, 0.4) is 0 Å². The quantitative estimate of drug-likeness (QED) is 0.592. The van der Waals surface area contributed by atoms with E-state index in [0.717, 1.165) is 36.1 Å². The molecule has 7 heteroatoms. The maximum absolute atomic E-state index is 13.5. The van der Waals surface area contributed by atoms with Crippen molar-refractivity contribution < 1.29 is 9.46 Å². The molecule has 0 spiro atoms. The fourth-order valence-corrected chi connectivity index (χ4v) is 9.18. The molecule has 190 valence electrons. The Morgan fingerprint density at radius 2 is 1.77 bits per heavy atom. The lowest BCUT2D eigenvalue weighted by atomic mass is 9.45. The number of rotatable bonds is 5. The van der Waals surface area contributed by atoms with Gasteiger partial charge < -0.3 is 9.46 Å². The molecular formula is C28H40N3O3P. The van der Waals surface area contributed by atoms with Gasteiger partial charge >= 0.3 is 0 Å². The monoisotopic (exact) mass is 497 g/mol. The van der Waals surface area contributed by atoms with Crippen LogP contribution in [-0.4, -0.2) is 44.6 Å². The van der Waals surface area contributed by atoms with Gasteiger partial charge in [0.15, 0.2) is 5.44 Å². The second kappa shape index (κ2) is 8.53. The van der Waals surface area contributed by atoms with Crippen LogP contribution >= 0.6 is 7.37 Å². The Morgan fingerprint density at radius 3 is 2.43 bits per heavy atom. The van der Waals surface area contributed by atoms with Crippen molar-refractivity contribution in [2.75, 3.05) is 13.2 Å². The maximum atomic E-state index is 13.5. The topological polar surface area (TPSA) is 75.4 Å². The molecule has 2 aromatic rings. The third-order valence-electron chi connectivity index (χ3n) is 10.4. The first kappa shape index (κ1) is 23.9. The molecule has 1 aromatic heterocycles. The number of benzene rings is 1. The lowest BCUT2D eigenvalue weighted by Gasteiger charge is -2.60. The lowest BCUT2D eigenvalue weighted by molar-refractivity contribution is -0.111. The number of aromatic nitrogens is 2. The fraction of sp³-hybridized carbons (Fsp3) is 0.714. The van der Waals surface area contributed by atoms with Crippen LogP contribution in [0.25, 0.3) is 11.0 Å². The first-order chi connectivity index (χ1) is 16.6. The van der Waals surface area contributed by atoms with E-state index in [9.17, 15) is 14.3 Å². The van der Waals surface area contributed by atoms with E-state index in [1.807, 2.05) is 28.8 Å². The molecule has 2 aliphatic heterocycles. The summed E-state index contributed by atoms with van der Waals surface area (Å²) in [4.78, 5) is 30.9. The second-order valence-corrected chi connectivity index (χ2v) is 14.7. The van der Waals surface area contributed by atoms with E-state index in [1.54, 1.807) is 0 Å². The van der Waals surface area contributed by atoms with Crippen molar-refractivity contribution in [1.82, 2.24) is 14.5 Å². The van der Waals surface area contributed by atoms with E-state index >= 15 is 0 Å². The fourth-order valence-electron chi connectivity index (χ4n) is 8.42. The van der Waals surface area contributed by atoms with Crippen LogP contribution in [-0.2, 0) is 4.57 Å². The zero-order chi connectivity index (χ0) is 24.5. The van der Waals surface area contributed by atoms with Gasteiger partial charge in [-0.25, -0.2) is 4.98 Å². The van der Waals surface area contributed by atoms with Crippen molar-refractivity contribution in [3.63, 3.8) is 0 Å². The van der Waals surface area contributed by atoms with Crippen molar-refractivity contribution in [3.05, 3.63) is 34.6 Å². The number of piperidine rings is 2. The van der Waals surface area contributed by atoms with Gasteiger partial charge in [-0.15, -0.1) is 0 Å². The summed E-state index contributed by atoms with van der Waals surface area (Å²) in [7, 11) is -3.77. The molecule has 2 saturated heterocycles. The highest BCUT2D eigenvalue weighted by molar-refractivity contribution is 7.65. The van der Waals surface area contributed by atoms with Gasteiger partial charge in [0.2, 0.25) is 7.37 Å². The summed E-state index contributed by atoms with van der Waals surface area (Å²) < 4.78 is 14.4. The maximum Gasteiger partial charge on any atom is 0.283 e. The summed E-state index contributed by atoms with van der Waals surface area (Å²) in [5, 5.41) is 0. The molecule has 3 heterocycles. The number of para-hydroxylation sites is 2. The molecule has 1 N–H and O–H groups in total. The minimum Gasteiger partial charge on any atom is -0.340 e. The van der Waals surface area contributed by atoms with Gasteiger partial charge in [0.1, 0.15) is 0 Å². The van der Waals surface area contributed by atoms with E-state index in [1.165, 1.54) is 58.2 Å². The summed E-state index contributed by atoms with van der Waals surface area (Å²) in [6.45, 7) is 7.39. The van der Waals surface area contributed by atoms with Crippen molar-refractivity contribution >= 4 is 23.8 Å². The molecule has 1 unspecified atom stereocenters. The highest BCUT2D eigenvalue weighted by atomic mass is 31.2. The second-order valence-electron chi connectivity index (χ2n) is 12.6. The van der Waals surface area contributed by atoms with Gasteiger partial charge in [0.05, 0.1) is 11.0 Å². The van der Waals surface area contributed by atoms with E-state index in [4.69, 9.17) is 0 Å². The van der Waals surface area contributed by atoms with Gasteiger partial charge in [0.25, 0.3) is 5.56 Å². The first-order valence-electron chi connectivity index (χ1n) is 13.7. The van der Waals surface area contributed by atoms with Gasteiger partial charge in [-0.1, -0.05) is 32.4 Å². The summed E-state index contributed by atoms with van der Waals surface area (Å²) in [6, 6.07) is 8.61. The molecular weight excluding hydrogens is 457 g/mol. The van der Waals surface area contributed by atoms with Gasteiger partial charge in [-0.05, 0) is 93.2 Å². The van der Waals surface area contributed by atoms with Crippen molar-refractivity contribution in [1.29, 1.82) is 0 Å². The van der Waals surface area contributed by atoms with Crippen LogP contribution in [0, 0.1) is 23.2 Å². The van der Waals surface area contributed by atoms with Gasteiger partial charge in [-0.2, -0.15) is 0 Å². The minimum absolute atomic E-state index is 0.0493. The Balaban J connectivity index is 1.26. The normalized spacial score (nSPS) is 35.9. The van der Waals surface area contributed by atoms with Crippen LogP contribution in [0.1, 0.15) is 77.7 Å². The SMILES string of the molecule is CC1(C)[C@H]2CC[C@@H](CCN3[C@@H]4CCC[C@H]3C[C@@H](n3c(=O)c(P(C)(=O)O)nc5ccccc53)C4)[C@@H]1C2. The Kier molecular flexibility index (Phi) is 5.82. The highest BCUT2D eigenvalue weighted by Gasteiger charge is 2.54. The number of hydrogen-bond acceptors (Lipinski definition) is 4. The van der Waals surface area contributed by atoms with Crippen LogP contribution in [0.15, 0.2) is 29.1 Å². The zero-order valence-corrected chi connectivity index (χ0v) is 22.3. The highest BCUT2D eigenvalue weighted by Crippen LogP contribution is 2.62. The molecule has 1 aromatic carbocycles. The number of hydrogen-bond donors (Lipinski definition) is 1. The van der Waals surface area contributed by atoms with Gasteiger partial charge in [-0.3, -0.25) is 14.3 Å². The van der Waals surface area contributed by atoms with Crippen molar-refractivity contribution in [2.24, 2.45) is 23.2 Å². The Morgan fingerprint density at radius 1 is 1.06 bits per heavy atom. The molecule has 0 radical (unpaired) electrons. The zero-order valence-electron chi connectivity index (χ0n) is 21.4. The summed E-state index contributed by atoms with van der Waals surface area (Å²) in [5.41, 5.74) is 1.40. The first-order valence-corrected chi connectivity index (χ1v) is 15.8. The Labute approximate surface area is 208 Å². The largest absolute Gasteiger partial charge is 0.340 e. The summed E-state index contributed by atoms with van der Waals surface area (Å²) in [5.74, 6) is 2.72.